The molecule has 24 heavy (non-hydrogen) atoms. The number of carbonyl (C=O) groups excluding carboxylic acids is 3. The molecule has 1 aromatic carbocycles. The highest BCUT2D eigenvalue weighted by Gasteiger charge is 2.35. The fourth-order valence-electron chi connectivity index (χ4n) is 2.65. The number of carbonyl (C=O) groups is 3. The van der Waals surface area contributed by atoms with Gasteiger partial charge >= 0.3 is 0 Å². The molecule has 128 valence electrons. The average molecular weight is 329 g/mol. The first-order valence-corrected chi connectivity index (χ1v) is 8.02. The smallest absolute Gasteiger partial charge is 0.234 e. The van der Waals surface area contributed by atoms with Crippen LogP contribution in [0.2, 0.25) is 0 Å². The van der Waals surface area contributed by atoms with E-state index in [9.17, 15) is 19.5 Å². The van der Waals surface area contributed by atoms with E-state index < -0.39 is 17.0 Å². The molecule has 2 rings (SSSR count). The van der Waals surface area contributed by atoms with Gasteiger partial charge in [0.25, 0.3) is 0 Å². The SMILES string of the molecule is CC(C)C(=O)NCC(C)(C)CC1=C(O)c2ccccc2C(=O)C1=O. The van der Waals surface area contributed by atoms with Gasteiger partial charge in [0.1, 0.15) is 5.76 Å². The van der Waals surface area contributed by atoms with Crippen LogP contribution in [-0.4, -0.2) is 29.1 Å². The number of aliphatic hydroxyl groups excluding tert-OH is 1. The van der Waals surface area contributed by atoms with Crippen LogP contribution in [0.5, 0.6) is 0 Å². The number of rotatable bonds is 5. The summed E-state index contributed by atoms with van der Waals surface area (Å²) in [5, 5.41) is 13.3. The molecule has 1 amide bonds. The Bertz CT molecular complexity index is 729. The van der Waals surface area contributed by atoms with Crippen molar-refractivity contribution in [1.29, 1.82) is 0 Å². The minimum atomic E-state index is -0.672. The lowest BCUT2D eigenvalue weighted by atomic mass is 9.79. The van der Waals surface area contributed by atoms with Gasteiger partial charge in [-0.1, -0.05) is 52.0 Å². The first-order valence-electron chi connectivity index (χ1n) is 8.02. The molecule has 0 fully saturated rings. The van der Waals surface area contributed by atoms with Crippen molar-refractivity contribution in [3.05, 3.63) is 41.0 Å². The van der Waals surface area contributed by atoms with Crippen LogP contribution in [-0.2, 0) is 9.59 Å². The summed E-state index contributed by atoms with van der Waals surface area (Å²) in [5.74, 6) is -1.61. The topological polar surface area (TPSA) is 83.5 Å². The maximum Gasteiger partial charge on any atom is 0.234 e. The molecule has 5 nitrogen and oxygen atoms in total. The van der Waals surface area contributed by atoms with E-state index >= 15 is 0 Å². The van der Waals surface area contributed by atoms with Crippen LogP contribution in [0.3, 0.4) is 0 Å². The van der Waals surface area contributed by atoms with Crippen molar-refractivity contribution in [2.75, 3.05) is 6.54 Å². The Morgan fingerprint density at radius 3 is 2.29 bits per heavy atom. The minimum absolute atomic E-state index is 0.0716. The van der Waals surface area contributed by atoms with E-state index in [-0.39, 0.29) is 35.1 Å². The molecule has 0 unspecified atom stereocenters. The summed E-state index contributed by atoms with van der Waals surface area (Å²) in [4.78, 5) is 36.3. The Morgan fingerprint density at radius 1 is 1.12 bits per heavy atom. The van der Waals surface area contributed by atoms with Crippen LogP contribution in [0.25, 0.3) is 5.76 Å². The molecule has 0 bridgehead atoms. The predicted octanol–water partition coefficient (Wildman–Crippen LogP) is 2.91. The highest BCUT2D eigenvalue weighted by atomic mass is 16.3. The molecule has 0 aromatic heterocycles. The molecule has 0 atom stereocenters. The summed E-state index contributed by atoms with van der Waals surface area (Å²) in [7, 11) is 0. The Hall–Kier alpha value is -2.43. The number of hydrogen-bond donors (Lipinski definition) is 2. The van der Waals surface area contributed by atoms with Gasteiger partial charge in [-0.3, -0.25) is 14.4 Å². The normalized spacial score (nSPS) is 14.9. The number of ketones is 2. The van der Waals surface area contributed by atoms with E-state index in [1.807, 2.05) is 13.8 Å². The molecule has 1 aliphatic rings. The second-order valence-electron chi connectivity index (χ2n) is 7.24. The maximum atomic E-state index is 12.4. The molecule has 0 radical (unpaired) electrons. The molecule has 0 heterocycles. The lowest BCUT2D eigenvalue weighted by Gasteiger charge is -2.28. The zero-order chi connectivity index (χ0) is 18.1. The van der Waals surface area contributed by atoms with Crippen molar-refractivity contribution in [1.82, 2.24) is 5.32 Å². The monoisotopic (exact) mass is 329 g/mol. The highest BCUT2D eigenvalue weighted by Crippen LogP contribution is 2.34. The molecule has 5 heteroatoms. The molecule has 1 aromatic rings. The van der Waals surface area contributed by atoms with E-state index in [0.717, 1.165) is 0 Å². The standard InChI is InChI=1S/C19H23NO4/c1-11(2)18(24)20-10-19(3,4)9-14-15(21)12-7-5-6-8-13(12)16(22)17(14)23/h5-8,11,21H,9-10H2,1-4H3,(H,20,24). The fourth-order valence-corrected chi connectivity index (χ4v) is 2.65. The molecule has 0 spiro atoms. The Labute approximate surface area is 141 Å². The molecule has 0 aliphatic heterocycles. The third-order valence-electron chi connectivity index (χ3n) is 4.11. The summed E-state index contributed by atoms with van der Waals surface area (Å²) < 4.78 is 0. The number of hydrogen-bond acceptors (Lipinski definition) is 4. The van der Waals surface area contributed by atoms with Crippen LogP contribution in [0, 0.1) is 11.3 Å². The van der Waals surface area contributed by atoms with E-state index in [4.69, 9.17) is 0 Å². The Balaban J connectivity index is 2.26. The summed E-state index contributed by atoms with van der Waals surface area (Å²) >= 11 is 0. The second kappa shape index (κ2) is 6.59. The van der Waals surface area contributed by atoms with E-state index in [1.165, 1.54) is 6.07 Å². The van der Waals surface area contributed by atoms with Gasteiger partial charge in [-0.05, 0) is 11.8 Å². The van der Waals surface area contributed by atoms with Crippen LogP contribution in [0.1, 0.15) is 50.0 Å². The van der Waals surface area contributed by atoms with Crippen LogP contribution >= 0.6 is 0 Å². The van der Waals surface area contributed by atoms with E-state index in [1.54, 1.807) is 32.0 Å². The van der Waals surface area contributed by atoms with Gasteiger partial charge in [-0.25, -0.2) is 0 Å². The van der Waals surface area contributed by atoms with Gasteiger partial charge in [0, 0.05) is 29.2 Å². The molecule has 0 saturated heterocycles. The molecular formula is C19H23NO4. The lowest BCUT2D eigenvalue weighted by molar-refractivity contribution is -0.124. The zero-order valence-corrected chi connectivity index (χ0v) is 14.5. The fraction of sp³-hybridized carbons (Fsp3) is 0.421. The van der Waals surface area contributed by atoms with Crippen LogP contribution in [0.15, 0.2) is 29.8 Å². The summed E-state index contributed by atoms with van der Waals surface area (Å²) in [6.45, 7) is 7.72. The third-order valence-corrected chi connectivity index (χ3v) is 4.11. The van der Waals surface area contributed by atoms with Crippen LogP contribution < -0.4 is 5.32 Å². The van der Waals surface area contributed by atoms with Crippen molar-refractivity contribution in [3.8, 4) is 0 Å². The third kappa shape index (κ3) is 3.55. The number of Topliss-reactive ketones (excluding diaryl/α,β-unsaturated/α-hetero) is 2. The molecular weight excluding hydrogens is 306 g/mol. The first kappa shape index (κ1) is 17.9. The number of allylic oxidation sites excluding steroid dienone is 1. The van der Waals surface area contributed by atoms with Crippen molar-refractivity contribution in [3.63, 3.8) is 0 Å². The van der Waals surface area contributed by atoms with Crippen molar-refractivity contribution in [2.45, 2.75) is 34.1 Å². The van der Waals surface area contributed by atoms with Gasteiger partial charge in [-0.15, -0.1) is 0 Å². The van der Waals surface area contributed by atoms with Gasteiger partial charge < -0.3 is 10.4 Å². The highest BCUT2D eigenvalue weighted by molar-refractivity contribution is 6.52. The zero-order valence-electron chi connectivity index (χ0n) is 14.5. The van der Waals surface area contributed by atoms with Gasteiger partial charge in [0.15, 0.2) is 0 Å². The van der Waals surface area contributed by atoms with Crippen molar-refractivity contribution >= 4 is 23.2 Å². The summed E-state index contributed by atoms with van der Waals surface area (Å²) in [6.07, 6.45) is 0.204. The predicted molar refractivity (Wildman–Crippen MR) is 91.6 cm³/mol. The van der Waals surface area contributed by atoms with Gasteiger partial charge in [0.2, 0.25) is 17.5 Å². The number of benzene rings is 1. The molecule has 1 aliphatic carbocycles. The minimum Gasteiger partial charge on any atom is -0.507 e. The first-order chi connectivity index (χ1) is 11.1. The van der Waals surface area contributed by atoms with E-state index in [0.29, 0.717) is 12.1 Å². The van der Waals surface area contributed by atoms with Gasteiger partial charge in [-0.2, -0.15) is 0 Å². The summed E-state index contributed by atoms with van der Waals surface area (Å²) in [5.41, 5.74) is 0.257. The maximum absolute atomic E-state index is 12.4. The lowest BCUT2D eigenvalue weighted by Crippen LogP contribution is -2.37. The van der Waals surface area contributed by atoms with Crippen molar-refractivity contribution < 1.29 is 19.5 Å². The van der Waals surface area contributed by atoms with E-state index in [2.05, 4.69) is 5.32 Å². The largest absolute Gasteiger partial charge is 0.507 e. The number of fused-ring (bicyclic) bond motifs is 1. The second-order valence-corrected chi connectivity index (χ2v) is 7.24. The molecule has 0 saturated carbocycles. The number of amides is 1. The Morgan fingerprint density at radius 2 is 1.71 bits per heavy atom. The van der Waals surface area contributed by atoms with Crippen molar-refractivity contribution in [2.24, 2.45) is 11.3 Å². The summed E-state index contributed by atoms with van der Waals surface area (Å²) in [6, 6.07) is 6.54. The quantitative estimate of drug-likeness (QED) is 0.814. The number of aliphatic hydroxyl groups is 1. The van der Waals surface area contributed by atoms with Gasteiger partial charge in [0.05, 0.1) is 0 Å². The molecule has 2 N–H and O–H groups in total. The number of nitrogens with one attached hydrogen (secondary N) is 1. The Kier molecular flexibility index (Phi) is 4.92. The average Bonchev–Trinajstić information content (AvgIpc) is 2.54. The van der Waals surface area contributed by atoms with Crippen LogP contribution in [0.4, 0.5) is 0 Å².